The molecule has 1 nitrogen and oxygen atoms in total. The summed E-state index contributed by atoms with van der Waals surface area (Å²) >= 11 is 6.45. The van der Waals surface area contributed by atoms with Crippen molar-refractivity contribution in [2.45, 2.75) is 12.3 Å². The second-order valence-electron chi connectivity index (χ2n) is 2.59. The zero-order valence-electron chi connectivity index (χ0n) is 6.90. The molecule has 0 aromatic heterocycles. The molecule has 0 amide bonds. The minimum absolute atomic E-state index is 0.122. The Kier molecular flexibility index (Phi) is 3.62. The predicted molar refractivity (Wildman–Crippen MR) is 56.7 cm³/mol. The van der Waals surface area contributed by atoms with E-state index in [2.05, 4.69) is 31.9 Å². The summed E-state index contributed by atoms with van der Waals surface area (Å²) in [5.74, 6) is -0.753. The molecule has 13 heavy (non-hydrogen) atoms. The Morgan fingerprint density at radius 3 is 2.62 bits per heavy atom. The molecule has 1 aromatic carbocycles. The summed E-state index contributed by atoms with van der Waals surface area (Å²) in [4.78, 5) is 11.1. The van der Waals surface area contributed by atoms with Crippen LogP contribution in [-0.4, -0.2) is 5.78 Å². The van der Waals surface area contributed by atoms with E-state index in [1.165, 1.54) is 13.0 Å². The first-order chi connectivity index (χ1) is 6.07. The molecule has 1 aromatic rings. The number of hydrogen-bond acceptors (Lipinski definition) is 1. The number of Topliss-reactive ketones (excluding diaryl/α,β-unsaturated/α-hetero) is 1. The van der Waals surface area contributed by atoms with Crippen LogP contribution in [0.5, 0.6) is 0 Å². The van der Waals surface area contributed by atoms with E-state index in [0.29, 0.717) is 9.80 Å². The standard InChI is InChI=1S/C9H7Br2FO/c1-5(13)8-7(12)3-2-6(4-10)9(8)11/h2-3H,4H2,1H3. The van der Waals surface area contributed by atoms with E-state index in [0.717, 1.165) is 5.56 Å². The SMILES string of the molecule is CC(=O)c1c(F)ccc(CBr)c1Br. The zero-order valence-corrected chi connectivity index (χ0v) is 10.1. The number of rotatable bonds is 2. The highest BCUT2D eigenvalue weighted by atomic mass is 79.9. The molecular formula is C9H7Br2FO. The molecule has 0 unspecified atom stereocenters. The maximum Gasteiger partial charge on any atom is 0.163 e. The lowest BCUT2D eigenvalue weighted by Crippen LogP contribution is -2.00. The number of carbonyl (C=O) groups is 1. The number of ketones is 1. The van der Waals surface area contributed by atoms with Crippen LogP contribution in [0, 0.1) is 5.82 Å². The van der Waals surface area contributed by atoms with Gasteiger partial charge in [0.1, 0.15) is 5.82 Å². The second kappa shape index (κ2) is 4.33. The van der Waals surface area contributed by atoms with E-state index in [9.17, 15) is 9.18 Å². The van der Waals surface area contributed by atoms with Gasteiger partial charge in [-0.3, -0.25) is 4.79 Å². The molecule has 0 saturated heterocycles. The van der Waals surface area contributed by atoms with E-state index in [-0.39, 0.29) is 11.3 Å². The van der Waals surface area contributed by atoms with Crippen LogP contribution >= 0.6 is 31.9 Å². The van der Waals surface area contributed by atoms with Gasteiger partial charge < -0.3 is 0 Å². The van der Waals surface area contributed by atoms with E-state index in [4.69, 9.17) is 0 Å². The van der Waals surface area contributed by atoms with Crippen LogP contribution in [0.3, 0.4) is 0 Å². The number of carbonyl (C=O) groups excluding carboxylic acids is 1. The molecular weight excluding hydrogens is 303 g/mol. The highest BCUT2D eigenvalue weighted by molar-refractivity contribution is 9.10. The largest absolute Gasteiger partial charge is 0.294 e. The Hall–Kier alpha value is -0.220. The average Bonchev–Trinajstić information content (AvgIpc) is 2.04. The van der Waals surface area contributed by atoms with Crippen molar-refractivity contribution in [1.82, 2.24) is 0 Å². The van der Waals surface area contributed by atoms with Crippen LogP contribution in [0.4, 0.5) is 4.39 Å². The fourth-order valence-corrected chi connectivity index (χ4v) is 2.61. The highest BCUT2D eigenvalue weighted by Gasteiger charge is 2.14. The Balaban J connectivity index is 3.38. The monoisotopic (exact) mass is 308 g/mol. The van der Waals surface area contributed by atoms with Gasteiger partial charge in [0, 0.05) is 9.80 Å². The van der Waals surface area contributed by atoms with E-state index < -0.39 is 5.82 Å². The molecule has 0 bridgehead atoms. The molecule has 0 aliphatic carbocycles. The molecule has 0 spiro atoms. The summed E-state index contributed by atoms with van der Waals surface area (Å²) in [6.45, 7) is 1.35. The van der Waals surface area contributed by atoms with Crippen molar-refractivity contribution < 1.29 is 9.18 Å². The van der Waals surface area contributed by atoms with Gasteiger partial charge in [-0.05, 0) is 34.5 Å². The van der Waals surface area contributed by atoms with E-state index in [1.54, 1.807) is 6.07 Å². The van der Waals surface area contributed by atoms with Crippen LogP contribution in [0.15, 0.2) is 16.6 Å². The number of hydrogen-bond donors (Lipinski definition) is 0. The summed E-state index contributed by atoms with van der Waals surface area (Å²) in [5, 5.41) is 0.591. The molecule has 4 heteroatoms. The van der Waals surface area contributed by atoms with E-state index >= 15 is 0 Å². The Bertz CT molecular complexity index is 350. The quantitative estimate of drug-likeness (QED) is 0.601. The third kappa shape index (κ3) is 2.17. The minimum Gasteiger partial charge on any atom is -0.294 e. The van der Waals surface area contributed by atoms with Crippen LogP contribution in [-0.2, 0) is 5.33 Å². The van der Waals surface area contributed by atoms with Crippen molar-refractivity contribution in [3.05, 3.63) is 33.5 Å². The first kappa shape index (κ1) is 10.9. The minimum atomic E-state index is -0.482. The van der Waals surface area contributed by atoms with Crippen LogP contribution in [0.2, 0.25) is 0 Å². The van der Waals surface area contributed by atoms with Gasteiger partial charge in [-0.25, -0.2) is 4.39 Å². The van der Waals surface area contributed by atoms with Crippen molar-refractivity contribution >= 4 is 37.6 Å². The summed E-state index contributed by atoms with van der Waals surface area (Å²) in [6.07, 6.45) is 0. The average molecular weight is 310 g/mol. The van der Waals surface area contributed by atoms with Crippen molar-refractivity contribution in [3.63, 3.8) is 0 Å². The molecule has 0 fully saturated rings. The van der Waals surface area contributed by atoms with E-state index in [1.807, 2.05) is 0 Å². The molecule has 0 radical (unpaired) electrons. The van der Waals surface area contributed by atoms with Gasteiger partial charge >= 0.3 is 0 Å². The Labute approximate surface area is 92.6 Å². The number of benzene rings is 1. The van der Waals surface area contributed by atoms with Crippen LogP contribution < -0.4 is 0 Å². The summed E-state index contributed by atoms with van der Waals surface area (Å²) in [6, 6.07) is 2.94. The second-order valence-corrected chi connectivity index (χ2v) is 3.94. The van der Waals surface area contributed by atoms with Gasteiger partial charge in [0.15, 0.2) is 5.78 Å². The van der Waals surface area contributed by atoms with Gasteiger partial charge in [0.2, 0.25) is 0 Å². The zero-order chi connectivity index (χ0) is 10.0. The topological polar surface area (TPSA) is 17.1 Å². The smallest absolute Gasteiger partial charge is 0.163 e. The lowest BCUT2D eigenvalue weighted by molar-refractivity contribution is 0.101. The van der Waals surface area contributed by atoms with Crippen LogP contribution in [0.1, 0.15) is 22.8 Å². The van der Waals surface area contributed by atoms with Crippen molar-refractivity contribution in [1.29, 1.82) is 0 Å². The normalized spacial score (nSPS) is 10.2. The first-order valence-corrected chi connectivity index (χ1v) is 5.53. The number of alkyl halides is 1. The van der Waals surface area contributed by atoms with Gasteiger partial charge in [-0.15, -0.1) is 0 Å². The van der Waals surface area contributed by atoms with Crippen molar-refractivity contribution in [3.8, 4) is 0 Å². The third-order valence-electron chi connectivity index (χ3n) is 1.67. The Morgan fingerprint density at radius 1 is 1.54 bits per heavy atom. The summed E-state index contributed by atoms with van der Waals surface area (Å²) in [7, 11) is 0. The number of halogens is 3. The molecule has 0 saturated carbocycles. The molecule has 0 heterocycles. The van der Waals surface area contributed by atoms with Gasteiger partial charge in [-0.1, -0.05) is 22.0 Å². The van der Waals surface area contributed by atoms with Gasteiger partial charge in [-0.2, -0.15) is 0 Å². The van der Waals surface area contributed by atoms with Crippen molar-refractivity contribution in [2.24, 2.45) is 0 Å². The Morgan fingerprint density at radius 2 is 2.15 bits per heavy atom. The lowest BCUT2D eigenvalue weighted by atomic mass is 10.1. The first-order valence-electron chi connectivity index (χ1n) is 3.61. The molecule has 0 aliphatic heterocycles. The molecule has 70 valence electrons. The fraction of sp³-hybridized carbons (Fsp3) is 0.222. The maximum absolute atomic E-state index is 13.2. The summed E-state index contributed by atoms with van der Waals surface area (Å²) in [5.41, 5.74) is 0.989. The molecule has 0 atom stereocenters. The molecule has 0 N–H and O–H groups in total. The molecule has 0 aliphatic rings. The molecule has 1 rings (SSSR count). The lowest BCUT2D eigenvalue weighted by Gasteiger charge is -2.05. The highest BCUT2D eigenvalue weighted by Crippen LogP contribution is 2.26. The predicted octanol–water partition coefficient (Wildman–Crippen LogP) is 3.69. The summed E-state index contributed by atoms with van der Waals surface area (Å²) < 4.78 is 13.7. The van der Waals surface area contributed by atoms with Crippen LogP contribution in [0.25, 0.3) is 0 Å². The maximum atomic E-state index is 13.2. The fourth-order valence-electron chi connectivity index (χ4n) is 1.02. The third-order valence-corrected chi connectivity index (χ3v) is 3.18. The van der Waals surface area contributed by atoms with Gasteiger partial charge in [0.25, 0.3) is 0 Å². The van der Waals surface area contributed by atoms with Crippen molar-refractivity contribution in [2.75, 3.05) is 0 Å². The van der Waals surface area contributed by atoms with Gasteiger partial charge in [0.05, 0.1) is 5.56 Å².